The first-order valence-electron chi connectivity index (χ1n) is 5.61. The van der Waals surface area contributed by atoms with Gasteiger partial charge in [-0.3, -0.25) is 9.59 Å². The van der Waals surface area contributed by atoms with E-state index >= 15 is 0 Å². The van der Waals surface area contributed by atoms with Gasteiger partial charge in [0.05, 0.1) is 17.4 Å². The van der Waals surface area contributed by atoms with Crippen molar-refractivity contribution < 1.29 is 9.59 Å². The molecule has 7 nitrogen and oxygen atoms in total. The summed E-state index contributed by atoms with van der Waals surface area (Å²) in [6.45, 7) is 0.267. The second-order valence-corrected chi connectivity index (χ2v) is 4.51. The normalized spacial score (nSPS) is 10.5. The van der Waals surface area contributed by atoms with Crippen LogP contribution in [0.5, 0.6) is 0 Å². The summed E-state index contributed by atoms with van der Waals surface area (Å²) < 4.78 is 1.22. The molecule has 0 saturated heterocycles. The molecule has 1 heterocycles. The van der Waals surface area contributed by atoms with Gasteiger partial charge in [-0.05, 0) is 23.8 Å². The van der Waals surface area contributed by atoms with Gasteiger partial charge in [-0.15, -0.1) is 0 Å². The van der Waals surface area contributed by atoms with Crippen molar-refractivity contribution in [2.75, 3.05) is 0 Å². The van der Waals surface area contributed by atoms with E-state index in [-0.39, 0.29) is 17.8 Å². The summed E-state index contributed by atoms with van der Waals surface area (Å²) in [5.41, 5.74) is 17.1. The quantitative estimate of drug-likeness (QED) is 0.742. The molecule has 20 heavy (non-hydrogen) atoms. The number of carbonyl (C=O) groups excluding carboxylic acids is 2. The second-order valence-electron chi connectivity index (χ2n) is 4.07. The molecule has 2 amide bonds. The largest absolute Gasteiger partial charge is 0.365 e. The molecule has 0 radical (unpaired) electrons. The molecule has 0 spiro atoms. The van der Waals surface area contributed by atoms with Crippen molar-refractivity contribution in [3.63, 3.8) is 0 Å². The Balaban J connectivity index is 2.67. The van der Waals surface area contributed by atoms with Gasteiger partial charge in [-0.1, -0.05) is 11.6 Å². The smallest absolute Gasteiger partial charge is 0.268 e. The molecule has 0 aliphatic carbocycles. The lowest BCUT2D eigenvalue weighted by Gasteiger charge is -2.08. The Hall–Kier alpha value is -2.38. The zero-order valence-corrected chi connectivity index (χ0v) is 11.1. The van der Waals surface area contributed by atoms with Gasteiger partial charge in [-0.25, -0.2) is 4.68 Å². The average molecular weight is 294 g/mol. The van der Waals surface area contributed by atoms with E-state index in [4.69, 9.17) is 28.8 Å². The molecular formula is C12H12ClN5O2. The number of benzene rings is 1. The molecule has 104 valence electrons. The number of rotatable bonds is 4. The fourth-order valence-electron chi connectivity index (χ4n) is 1.84. The van der Waals surface area contributed by atoms with Gasteiger partial charge in [0.25, 0.3) is 11.8 Å². The predicted octanol–water partition coefficient (Wildman–Crippen LogP) is 0.182. The summed E-state index contributed by atoms with van der Waals surface area (Å²) in [7, 11) is 0. The Morgan fingerprint density at radius 2 is 1.90 bits per heavy atom. The van der Waals surface area contributed by atoms with E-state index in [1.807, 2.05) is 0 Å². The number of primary amides is 2. The molecule has 0 atom stereocenters. The van der Waals surface area contributed by atoms with Crippen LogP contribution in [0.2, 0.25) is 5.02 Å². The molecule has 1 aromatic heterocycles. The van der Waals surface area contributed by atoms with Gasteiger partial charge in [-0.2, -0.15) is 5.10 Å². The Kier molecular flexibility index (Phi) is 3.73. The molecule has 0 aliphatic heterocycles. The monoisotopic (exact) mass is 293 g/mol. The summed E-state index contributed by atoms with van der Waals surface area (Å²) in [6.07, 6.45) is 1.19. The number of hydrogen-bond donors (Lipinski definition) is 3. The summed E-state index contributed by atoms with van der Waals surface area (Å²) in [5, 5.41) is 4.39. The number of carbonyl (C=O) groups is 2. The zero-order valence-electron chi connectivity index (χ0n) is 10.3. The number of nitrogens with two attached hydrogens (primary N) is 3. The Labute approximate surface area is 119 Å². The molecule has 8 heteroatoms. The van der Waals surface area contributed by atoms with E-state index in [1.165, 1.54) is 10.9 Å². The fraction of sp³-hybridized carbons (Fsp3) is 0.0833. The highest BCUT2D eigenvalue weighted by Crippen LogP contribution is 2.20. The molecule has 0 bridgehead atoms. The molecule has 0 unspecified atom stereocenters. The number of nitrogens with zero attached hydrogens (tertiary/aromatic N) is 2. The van der Waals surface area contributed by atoms with Crippen molar-refractivity contribution in [3.8, 4) is 5.69 Å². The van der Waals surface area contributed by atoms with Crippen molar-refractivity contribution in [2.24, 2.45) is 17.2 Å². The average Bonchev–Trinajstić information content (AvgIpc) is 2.82. The van der Waals surface area contributed by atoms with Crippen LogP contribution >= 0.6 is 11.6 Å². The molecular weight excluding hydrogens is 282 g/mol. The van der Waals surface area contributed by atoms with Crippen LogP contribution in [0.1, 0.15) is 26.4 Å². The summed E-state index contributed by atoms with van der Waals surface area (Å²) >= 11 is 5.98. The third-order valence-electron chi connectivity index (χ3n) is 2.69. The number of halogens is 1. The maximum absolute atomic E-state index is 11.5. The van der Waals surface area contributed by atoms with Gasteiger partial charge in [0, 0.05) is 11.6 Å². The number of hydrogen-bond acceptors (Lipinski definition) is 4. The lowest BCUT2D eigenvalue weighted by Crippen LogP contribution is -2.22. The van der Waals surface area contributed by atoms with Crippen LogP contribution in [0.3, 0.4) is 0 Å². The minimum atomic E-state index is -0.814. The van der Waals surface area contributed by atoms with Crippen LogP contribution < -0.4 is 17.2 Å². The second kappa shape index (κ2) is 5.32. The van der Waals surface area contributed by atoms with Crippen molar-refractivity contribution in [2.45, 2.75) is 6.54 Å². The topological polar surface area (TPSA) is 130 Å². The predicted molar refractivity (Wildman–Crippen MR) is 73.5 cm³/mol. The molecule has 0 fully saturated rings. The highest BCUT2D eigenvalue weighted by molar-refractivity contribution is 6.30. The van der Waals surface area contributed by atoms with Crippen LogP contribution in [-0.2, 0) is 6.54 Å². The van der Waals surface area contributed by atoms with Crippen molar-refractivity contribution in [1.29, 1.82) is 0 Å². The van der Waals surface area contributed by atoms with Crippen LogP contribution in [-0.4, -0.2) is 21.6 Å². The summed E-state index contributed by atoms with van der Waals surface area (Å²) in [5.74, 6) is -1.60. The van der Waals surface area contributed by atoms with Gasteiger partial charge in [0.15, 0.2) is 0 Å². The maximum Gasteiger partial charge on any atom is 0.268 e. The molecule has 2 rings (SSSR count). The SMILES string of the molecule is NCc1cc(Cl)cc(-n2ncc(C(N)=O)c2C(N)=O)c1. The first kappa shape index (κ1) is 14.0. The highest BCUT2D eigenvalue weighted by Gasteiger charge is 2.21. The van der Waals surface area contributed by atoms with E-state index in [1.54, 1.807) is 18.2 Å². The van der Waals surface area contributed by atoms with Crippen molar-refractivity contribution in [3.05, 3.63) is 46.2 Å². The third kappa shape index (κ3) is 2.49. The number of aromatic nitrogens is 2. The Morgan fingerprint density at radius 3 is 2.45 bits per heavy atom. The third-order valence-corrected chi connectivity index (χ3v) is 2.91. The van der Waals surface area contributed by atoms with Gasteiger partial charge >= 0.3 is 0 Å². The summed E-state index contributed by atoms with van der Waals surface area (Å²) in [6, 6.07) is 4.95. The lowest BCUT2D eigenvalue weighted by atomic mass is 10.2. The zero-order chi connectivity index (χ0) is 14.9. The van der Waals surface area contributed by atoms with Crippen molar-refractivity contribution in [1.82, 2.24) is 9.78 Å². The van der Waals surface area contributed by atoms with Crippen molar-refractivity contribution >= 4 is 23.4 Å². The van der Waals surface area contributed by atoms with E-state index in [0.717, 1.165) is 5.56 Å². The fourth-order valence-corrected chi connectivity index (χ4v) is 2.09. The Bertz CT molecular complexity index is 695. The minimum absolute atomic E-state index is 0.0493. The highest BCUT2D eigenvalue weighted by atomic mass is 35.5. The van der Waals surface area contributed by atoms with Gasteiger partial charge in [0.1, 0.15) is 5.69 Å². The Morgan fingerprint density at radius 1 is 1.20 bits per heavy atom. The molecule has 0 aliphatic rings. The van der Waals surface area contributed by atoms with Crippen LogP contribution in [0.15, 0.2) is 24.4 Å². The van der Waals surface area contributed by atoms with Gasteiger partial charge < -0.3 is 17.2 Å². The van der Waals surface area contributed by atoms with E-state index < -0.39 is 11.8 Å². The molecule has 0 saturated carbocycles. The van der Waals surface area contributed by atoms with Crippen LogP contribution in [0, 0.1) is 0 Å². The number of amides is 2. The molecule has 1 aromatic carbocycles. The van der Waals surface area contributed by atoms with E-state index in [9.17, 15) is 9.59 Å². The van der Waals surface area contributed by atoms with Gasteiger partial charge in [0.2, 0.25) is 0 Å². The first-order chi connectivity index (χ1) is 9.43. The van der Waals surface area contributed by atoms with E-state index in [0.29, 0.717) is 10.7 Å². The minimum Gasteiger partial charge on any atom is -0.365 e. The first-order valence-corrected chi connectivity index (χ1v) is 5.99. The van der Waals surface area contributed by atoms with Crippen LogP contribution in [0.25, 0.3) is 5.69 Å². The summed E-state index contributed by atoms with van der Waals surface area (Å²) in [4.78, 5) is 22.8. The van der Waals surface area contributed by atoms with E-state index in [2.05, 4.69) is 5.10 Å². The molecule has 6 N–H and O–H groups in total. The lowest BCUT2D eigenvalue weighted by molar-refractivity contribution is 0.0963. The maximum atomic E-state index is 11.5. The molecule has 2 aromatic rings. The van der Waals surface area contributed by atoms with Crippen LogP contribution in [0.4, 0.5) is 0 Å². The standard InChI is InChI=1S/C12H12ClN5O2/c13-7-1-6(4-14)2-8(3-7)18-10(12(16)20)9(5-17-18)11(15)19/h1-3,5H,4,14H2,(H2,15,19)(H2,16,20).